The average Bonchev–Trinajstić information content (AvgIpc) is 2.84. The first-order valence-corrected chi connectivity index (χ1v) is 6.22. The van der Waals surface area contributed by atoms with Crippen LogP contribution in [0.3, 0.4) is 0 Å². The van der Waals surface area contributed by atoms with E-state index in [1.807, 2.05) is 51.1 Å². The van der Waals surface area contributed by atoms with E-state index >= 15 is 0 Å². The molecule has 0 fully saturated rings. The van der Waals surface area contributed by atoms with Crippen LogP contribution in [0.2, 0.25) is 0 Å². The van der Waals surface area contributed by atoms with E-state index in [-0.39, 0.29) is 12.2 Å². The van der Waals surface area contributed by atoms with Crippen LogP contribution >= 0.6 is 0 Å². The fraction of sp³-hybridized carbons (Fsp3) is 0.429. The highest BCUT2D eigenvalue weighted by atomic mass is 16.5. The summed E-state index contributed by atoms with van der Waals surface area (Å²) in [5.41, 5.74) is 6.77. The van der Waals surface area contributed by atoms with Crippen molar-refractivity contribution >= 4 is 0 Å². The highest BCUT2D eigenvalue weighted by molar-refractivity contribution is 5.22. The first-order chi connectivity index (χ1) is 8.96. The third-order valence-electron chi connectivity index (χ3n) is 2.54. The molecule has 2 rings (SSSR count). The second kappa shape index (κ2) is 5.50. The lowest BCUT2D eigenvalue weighted by Gasteiger charge is -2.17. The summed E-state index contributed by atoms with van der Waals surface area (Å²) in [6, 6.07) is 9.24. The molecule has 102 valence electrons. The number of aromatic nitrogens is 2. The maximum Gasteiger partial charge on any atom is 0.242 e. The third-order valence-corrected chi connectivity index (χ3v) is 2.54. The predicted octanol–water partition coefficient (Wildman–Crippen LogP) is 2.43. The molecule has 0 radical (unpaired) electrons. The monoisotopic (exact) mass is 261 g/mol. The summed E-state index contributed by atoms with van der Waals surface area (Å²) >= 11 is 0. The van der Waals surface area contributed by atoms with Gasteiger partial charge in [-0.25, -0.2) is 0 Å². The zero-order valence-corrected chi connectivity index (χ0v) is 11.5. The standard InChI is InChI=1S/C14H19N3O2/c1-14(2,3)18-9-11-16-17-13(19-11)12(15)10-7-5-4-6-8-10/h4-8,12H,9,15H2,1-3H3. The quantitative estimate of drug-likeness (QED) is 0.915. The van der Waals surface area contributed by atoms with Crippen molar-refractivity contribution < 1.29 is 9.15 Å². The van der Waals surface area contributed by atoms with Gasteiger partial charge in [0.15, 0.2) is 0 Å². The Morgan fingerprint density at radius 2 is 1.89 bits per heavy atom. The molecule has 5 nitrogen and oxygen atoms in total. The molecule has 0 amide bonds. The molecular formula is C14H19N3O2. The van der Waals surface area contributed by atoms with Crippen LogP contribution in [0, 0.1) is 0 Å². The van der Waals surface area contributed by atoms with Crippen LogP contribution in [0.25, 0.3) is 0 Å². The molecule has 1 aromatic heterocycles. The Morgan fingerprint density at radius 1 is 1.21 bits per heavy atom. The van der Waals surface area contributed by atoms with Crippen molar-refractivity contribution in [2.45, 2.75) is 39.0 Å². The van der Waals surface area contributed by atoms with Crippen LogP contribution in [0.5, 0.6) is 0 Å². The van der Waals surface area contributed by atoms with Crippen molar-refractivity contribution in [2.24, 2.45) is 5.73 Å². The first-order valence-electron chi connectivity index (χ1n) is 6.22. The summed E-state index contributed by atoms with van der Waals surface area (Å²) in [6.45, 7) is 6.21. The molecule has 0 saturated carbocycles. The molecule has 0 aliphatic rings. The van der Waals surface area contributed by atoms with Crippen LogP contribution in [0.4, 0.5) is 0 Å². The number of nitrogens with two attached hydrogens (primary N) is 1. The fourth-order valence-electron chi connectivity index (χ4n) is 1.53. The van der Waals surface area contributed by atoms with Crippen molar-refractivity contribution in [2.75, 3.05) is 0 Å². The zero-order valence-electron chi connectivity index (χ0n) is 11.5. The second-order valence-corrected chi connectivity index (χ2v) is 5.32. The molecule has 19 heavy (non-hydrogen) atoms. The van der Waals surface area contributed by atoms with E-state index in [1.54, 1.807) is 0 Å². The molecule has 1 unspecified atom stereocenters. The van der Waals surface area contributed by atoms with Gasteiger partial charge in [-0.2, -0.15) is 0 Å². The number of ether oxygens (including phenoxy) is 1. The molecule has 0 aliphatic carbocycles. The lowest BCUT2D eigenvalue weighted by Crippen LogP contribution is -2.18. The van der Waals surface area contributed by atoms with Crippen molar-refractivity contribution in [1.29, 1.82) is 0 Å². The van der Waals surface area contributed by atoms with E-state index in [1.165, 1.54) is 0 Å². The lowest BCUT2D eigenvalue weighted by molar-refractivity contribution is -0.0247. The van der Waals surface area contributed by atoms with Gasteiger partial charge in [0.1, 0.15) is 12.6 Å². The molecule has 5 heteroatoms. The number of nitrogens with zero attached hydrogens (tertiary/aromatic N) is 2. The highest BCUT2D eigenvalue weighted by Gasteiger charge is 2.18. The van der Waals surface area contributed by atoms with Gasteiger partial charge in [0.2, 0.25) is 11.8 Å². The van der Waals surface area contributed by atoms with Gasteiger partial charge in [-0.15, -0.1) is 10.2 Å². The Bertz CT molecular complexity index is 517. The molecule has 1 heterocycles. The fourth-order valence-corrected chi connectivity index (χ4v) is 1.53. The van der Waals surface area contributed by atoms with E-state index in [9.17, 15) is 0 Å². The molecule has 2 N–H and O–H groups in total. The van der Waals surface area contributed by atoms with E-state index in [2.05, 4.69) is 10.2 Å². The van der Waals surface area contributed by atoms with Crippen molar-refractivity contribution in [1.82, 2.24) is 10.2 Å². The van der Waals surface area contributed by atoms with Gasteiger partial charge < -0.3 is 14.9 Å². The summed E-state index contributed by atoms with van der Waals surface area (Å²) in [6.07, 6.45) is 0. The second-order valence-electron chi connectivity index (χ2n) is 5.32. The minimum Gasteiger partial charge on any atom is -0.421 e. The molecule has 0 aliphatic heterocycles. The molecule has 0 bridgehead atoms. The van der Waals surface area contributed by atoms with Crippen molar-refractivity contribution in [3.8, 4) is 0 Å². The number of hydrogen-bond donors (Lipinski definition) is 1. The Balaban J connectivity index is 2.05. The minimum atomic E-state index is -0.405. The van der Waals surface area contributed by atoms with Crippen LogP contribution in [0.15, 0.2) is 34.7 Å². The Kier molecular flexibility index (Phi) is 3.97. The van der Waals surface area contributed by atoms with E-state index in [0.29, 0.717) is 11.8 Å². The van der Waals surface area contributed by atoms with Gasteiger partial charge in [0.25, 0.3) is 0 Å². The van der Waals surface area contributed by atoms with Crippen LogP contribution in [-0.2, 0) is 11.3 Å². The Labute approximate surface area is 112 Å². The maximum absolute atomic E-state index is 6.07. The molecule has 0 spiro atoms. The summed E-state index contributed by atoms with van der Waals surface area (Å²) in [7, 11) is 0. The molecule has 2 aromatic rings. The van der Waals surface area contributed by atoms with Crippen LogP contribution in [0.1, 0.15) is 44.2 Å². The van der Waals surface area contributed by atoms with Gasteiger partial charge >= 0.3 is 0 Å². The van der Waals surface area contributed by atoms with Crippen LogP contribution in [-0.4, -0.2) is 15.8 Å². The SMILES string of the molecule is CC(C)(C)OCc1nnc(C(N)c2ccccc2)o1. The topological polar surface area (TPSA) is 74.2 Å². The highest BCUT2D eigenvalue weighted by Crippen LogP contribution is 2.19. The first kappa shape index (κ1) is 13.7. The number of rotatable bonds is 4. The molecule has 0 saturated heterocycles. The van der Waals surface area contributed by atoms with Crippen molar-refractivity contribution in [3.05, 3.63) is 47.7 Å². The van der Waals surface area contributed by atoms with E-state index in [4.69, 9.17) is 14.9 Å². The van der Waals surface area contributed by atoms with E-state index < -0.39 is 6.04 Å². The van der Waals surface area contributed by atoms with Crippen molar-refractivity contribution in [3.63, 3.8) is 0 Å². The van der Waals surface area contributed by atoms with Gasteiger partial charge in [-0.3, -0.25) is 0 Å². The molecular weight excluding hydrogens is 242 g/mol. The third kappa shape index (κ3) is 3.87. The summed E-state index contributed by atoms with van der Waals surface area (Å²) in [4.78, 5) is 0. The largest absolute Gasteiger partial charge is 0.421 e. The zero-order chi connectivity index (χ0) is 13.9. The van der Waals surface area contributed by atoms with Gasteiger partial charge in [-0.1, -0.05) is 30.3 Å². The minimum absolute atomic E-state index is 0.240. The Hall–Kier alpha value is -1.72. The smallest absolute Gasteiger partial charge is 0.242 e. The van der Waals surface area contributed by atoms with Gasteiger partial charge in [0.05, 0.1) is 5.60 Å². The average molecular weight is 261 g/mol. The van der Waals surface area contributed by atoms with E-state index in [0.717, 1.165) is 5.56 Å². The maximum atomic E-state index is 6.07. The lowest BCUT2D eigenvalue weighted by atomic mass is 10.1. The van der Waals surface area contributed by atoms with Gasteiger partial charge in [0, 0.05) is 0 Å². The molecule has 1 atom stereocenters. The number of hydrogen-bond acceptors (Lipinski definition) is 5. The van der Waals surface area contributed by atoms with Crippen LogP contribution < -0.4 is 5.73 Å². The normalized spacial score (nSPS) is 13.5. The summed E-state index contributed by atoms with van der Waals surface area (Å²) < 4.78 is 11.1. The Morgan fingerprint density at radius 3 is 2.53 bits per heavy atom. The predicted molar refractivity (Wildman–Crippen MR) is 71.3 cm³/mol. The summed E-state index contributed by atoms with van der Waals surface area (Å²) in [5, 5.41) is 7.92. The summed E-state index contributed by atoms with van der Waals surface area (Å²) in [5.74, 6) is 0.843. The number of benzene rings is 1. The van der Waals surface area contributed by atoms with Gasteiger partial charge in [-0.05, 0) is 26.3 Å². The molecule has 1 aromatic carbocycles.